The monoisotopic (exact) mass is 630 g/mol. The fraction of sp³-hybridized carbons (Fsp3) is 0.621. The van der Waals surface area contributed by atoms with Gasteiger partial charge in [0.2, 0.25) is 0 Å². The van der Waals surface area contributed by atoms with Crippen LogP contribution in [0.15, 0.2) is 18.6 Å². The van der Waals surface area contributed by atoms with Gasteiger partial charge < -0.3 is 10.0 Å². The lowest BCUT2D eigenvalue weighted by molar-refractivity contribution is -0.147. The SMILES string of the molecule is CC(C)(C)CC1CC(CN(CC(=O)c2c(Cl)cncc2Cl)C(=O)c2cnn(C3CCC(C(=O)O)CC3)c2C(F)(F)F)C1. The topological polar surface area (TPSA) is 105 Å². The third kappa shape index (κ3) is 7.45. The van der Waals surface area contributed by atoms with Crippen molar-refractivity contribution in [1.29, 1.82) is 0 Å². The maximum Gasteiger partial charge on any atom is 0.433 e. The number of carbonyl (C=O) groups excluding carboxylic acids is 2. The molecule has 0 radical (unpaired) electrons. The largest absolute Gasteiger partial charge is 0.481 e. The van der Waals surface area contributed by atoms with Crippen molar-refractivity contribution in [3.63, 3.8) is 0 Å². The van der Waals surface area contributed by atoms with Gasteiger partial charge in [0, 0.05) is 18.9 Å². The number of aromatic nitrogens is 3. The van der Waals surface area contributed by atoms with E-state index in [9.17, 15) is 32.7 Å². The van der Waals surface area contributed by atoms with E-state index in [4.69, 9.17) is 23.2 Å². The van der Waals surface area contributed by atoms with Crippen LogP contribution >= 0.6 is 23.2 Å². The van der Waals surface area contributed by atoms with Gasteiger partial charge in [0.25, 0.3) is 5.91 Å². The molecule has 1 amide bonds. The first kappa shape index (κ1) is 32.3. The van der Waals surface area contributed by atoms with Crippen LogP contribution in [-0.4, -0.2) is 55.5 Å². The Morgan fingerprint density at radius 1 is 1.00 bits per heavy atom. The van der Waals surface area contributed by atoms with Crippen molar-refractivity contribution in [3.8, 4) is 0 Å². The van der Waals surface area contributed by atoms with Gasteiger partial charge in [0.05, 0.1) is 45.9 Å². The van der Waals surface area contributed by atoms with E-state index < -0.39 is 53.6 Å². The maximum absolute atomic E-state index is 14.5. The molecule has 0 bridgehead atoms. The molecule has 2 aliphatic carbocycles. The molecule has 0 spiro atoms. The molecule has 2 aliphatic rings. The van der Waals surface area contributed by atoms with E-state index in [0.717, 1.165) is 35.0 Å². The summed E-state index contributed by atoms with van der Waals surface area (Å²) in [6.07, 6.45) is 1.84. The Morgan fingerprint density at radius 2 is 1.60 bits per heavy atom. The number of rotatable bonds is 9. The Hall–Kier alpha value is -2.66. The van der Waals surface area contributed by atoms with Gasteiger partial charge in [-0.25, -0.2) is 0 Å². The van der Waals surface area contributed by atoms with Gasteiger partial charge >= 0.3 is 12.1 Å². The number of ketones is 1. The Morgan fingerprint density at radius 3 is 2.12 bits per heavy atom. The Labute approximate surface area is 252 Å². The van der Waals surface area contributed by atoms with Crippen molar-refractivity contribution in [2.75, 3.05) is 13.1 Å². The van der Waals surface area contributed by atoms with E-state index in [2.05, 4.69) is 30.9 Å². The molecule has 4 rings (SSSR count). The fourth-order valence-corrected chi connectivity index (χ4v) is 6.91. The number of Topliss-reactive ketones (excluding diaryl/α,β-unsaturated/α-hetero) is 1. The molecular weight excluding hydrogens is 596 g/mol. The van der Waals surface area contributed by atoms with E-state index in [1.54, 1.807) is 0 Å². The van der Waals surface area contributed by atoms with Gasteiger partial charge in [0.1, 0.15) is 0 Å². The van der Waals surface area contributed by atoms with Crippen molar-refractivity contribution in [2.24, 2.45) is 23.2 Å². The minimum atomic E-state index is -4.91. The van der Waals surface area contributed by atoms with Crippen LogP contribution in [0.5, 0.6) is 0 Å². The zero-order valence-electron chi connectivity index (χ0n) is 23.8. The fourth-order valence-electron chi connectivity index (χ4n) is 6.33. The number of alkyl halides is 3. The van der Waals surface area contributed by atoms with E-state index >= 15 is 0 Å². The maximum atomic E-state index is 14.5. The summed E-state index contributed by atoms with van der Waals surface area (Å²) in [5, 5.41) is 13.2. The second-order valence-electron chi connectivity index (χ2n) is 12.7. The van der Waals surface area contributed by atoms with Crippen LogP contribution in [0.1, 0.15) is 98.2 Å². The second-order valence-corrected chi connectivity index (χ2v) is 13.6. The minimum absolute atomic E-state index is 0.0189. The minimum Gasteiger partial charge on any atom is -0.481 e. The number of amides is 1. The normalized spacial score (nSPS) is 22.9. The number of hydrogen-bond donors (Lipinski definition) is 1. The van der Waals surface area contributed by atoms with Crippen LogP contribution in [0.2, 0.25) is 10.0 Å². The van der Waals surface area contributed by atoms with Crippen LogP contribution in [0.3, 0.4) is 0 Å². The third-order valence-corrected chi connectivity index (χ3v) is 8.73. The molecule has 2 fully saturated rings. The molecule has 0 unspecified atom stereocenters. The first-order valence-corrected chi connectivity index (χ1v) is 14.8. The van der Waals surface area contributed by atoms with Gasteiger partial charge in [-0.05, 0) is 62.2 Å². The second kappa shape index (κ2) is 12.5. The van der Waals surface area contributed by atoms with Crippen LogP contribution in [0.4, 0.5) is 13.2 Å². The van der Waals surface area contributed by atoms with Crippen LogP contribution in [0, 0.1) is 23.2 Å². The van der Waals surface area contributed by atoms with Crippen molar-refractivity contribution in [3.05, 3.63) is 45.5 Å². The van der Waals surface area contributed by atoms with Gasteiger partial charge in [0.15, 0.2) is 11.5 Å². The van der Waals surface area contributed by atoms with Crippen molar-refractivity contribution >= 4 is 40.9 Å². The first-order chi connectivity index (χ1) is 19.5. The summed E-state index contributed by atoms with van der Waals surface area (Å²) >= 11 is 12.3. The lowest BCUT2D eigenvalue weighted by Crippen LogP contribution is -2.43. The Balaban J connectivity index is 1.62. The van der Waals surface area contributed by atoms with Crippen LogP contribution < -0.4 is 0 Å². The van der Waals surface area contributed by atoms with E-state index in [0.29, 0.717) is 5.92 Å². The molecule has 0 aliphatic heterocycles. The zero-order chi connectivity index (χ0) is 31.0. The molecule has 2 saturated carbocycles. The molecule has 2 aromatic heterocycles. The van der Waals surface area contributed by atoms with Gasteiger partial charge in [-0.15, -0.1) is 0 Å². The van der Waals surface area contributed by atoms with Crippen LogP contribution in [-0.2, 0) is 11.0 Å². The highest BCUT2D eigenvalue weighted by Gasteiger charge is 2.44. The summed E-state index contributed by atoms with van der Waals surface area (Å²) in [5.41, 5.74) is -1.77. The quantitative estimate of drug-likeness (QED) is 0.294. The summed E-state index contributed by atoms with van der Waals surface area (Å²) in [6, 6.07) is -0.701. The summed E-state index contributed by atoms with van der Waals surface area (Å²) in [4.78, 5) is 43.5. The average Bonchev–Trinajstić information content (AvgIpc) is 3.31. The molecule has 1 N–H and O–H groups in total. The molecule has 0 aromatic carbocycles. The number of hydrogen-bond acceptors (Lipinski definition) is 5. The summed E-state index contributed by atoms with van der Waals surface area (Å²) in [5.74, 6) is -2.71. The predicted molar refractivity (Wildman–Crippen MR) is 151 cm³/mol. The number of carbonyl (C=O) groups is 3. The molecule has 42 heavy (non-hydrogen) atoms. The highest BCUT2D eigenvalue weighted by atomic mass is 35.5. The third-order valence-electron chi connectivity index (χ3n) is 8.15. The molecule has 13 heteroatoms. The first-order valence-electron chi connectivity index (χ1n) is 14.0. The molecular formula is C29H35Cl2F3N4O4. The number of carboxylic acids is 1. The number of pyridine rings is 1. The zero-order valence-corrected chi connectivity index (χ0v) is 25.3. The van der Waals surface area contributed by atoms with Gasteiger partial charge in [-0.2, -0.15) is 18.3 Å². The molecule has 230 valence electrons. The highest BCUT2D eigenvalue weighted by Crippen LogP contribution is 2.43. The molecule has 2 aromatic rings. The average molecular weight is 632 g/mol. The lowest BCUT2D eigenvalue weighted by Gasteiger charge is -2.41. The molecule has 0 atom stereocenters. The number of carboxylic acid groups (broad SMARTS) is 1. The van der Waals surface area contributed by atoms with Crippen LogP contribution in [0.25, 0.3) is 0 Å². The molecule has 8 nitrogen and oxygen atoms in total. The van der Waals surface area contributed by atoms with Gasteiger partial charge in [-0.1, -0.05) is 44.0 Å². The summed E-state index contributed by atoms with van der Waals surface area (Å²) in [7, 11) is 0. The van der Waals surface area contributed by atoms with E-state index in [-0.39, 0.29) is 59.2 Å². The summed E-state index contributed by atoms with van der Waals surface area (Å²) in [6.45, 7) is 6.00. The lowest BCUT2D eigenvalue weighted by atomic mass is 9.68. The predicted octanol–water partition coefficient (Wildman–Crippen LogP) is 7.21. The van der Waals surface area contributed by atoms with E-state index in [1.807, 2.05) is 0 Å². The Kier molecular flexibility index (Phi) is 9.62. The smallest absolute Gasteiger partial charge is 0.433 e. The van der Waals surface area contributed by atoms with E-state index in [1.165, 1.54) is 12.4 Å². The Bertz CT molecular complexity index is 1310. The van der Waals surface area contributed by atoms with Gasteiger partial charge in [-0.3, -0.25) is 24.0 Å². The molecule has 2 heterocycles. The van der Waals surface area contributed by atoms with Crippen molar-refractivity contribution in [1.82, 2.24) is 19.7 Å². The standard InChI is InChI=1S/C29H35Cl2F3N4O4/c1-28(2,3)10-16-8-17(9-16)14-37(15-23(39)24-21(30)12-35-13-22(24)31)26(40)20-11-36-38(25(20)29(32,33)34)19-6-4-18(5-7-19)27(41)42/h11-13,16-19H,4-10,14-15H2,1-3H3,(H,41,42). The number of halogens is 5. The molecule has 0 saturated heterocycles. The highest BCUT2D eigenvalue weighted by molar-refractivity contribution is 6.39. The number of aliphatic carboxylic acids is 1. The number of nitrogens with zero attached hydrogens (tertiary/aromatic N) is 4. The van der Waals surface area contributed by atoms with Crippen molar-refractivity contribution < 1.29 is 32.7 Å². The van der Waals surface area contributed by atoms with Crippen molar-refractivity contribution in [2.45, 2.75) is 77.9 Å². The summed E-state index contributed by atoms with van der Waals surface area (Å²) < 4.78 is 44.2.